The van der Waals surface area contributed by atoms with Crippen molar-refractivity contribution >= 4 is 17.5 Å². The molecule has 0 bridgehead atoms. The maximum Gasteiger partial charge on any atom is 0.238 e. The fourth-order valence-electron chi connectivity index (χ4n) is 3.59. The van der Waals surface area contributed by atoms with Crippen molar-refractivity contribution in [2.45, 2.75) is 66.3 Å². The predicted molar refractivity (Wildman–Crippen MR) is 116 cm³/mol. The number of piperidine rings is 1. The van der Waals surface area contributed by atoms with Crippen LogP contribution in [0.5, 0.6) is 0 Å². The van der Waals surface area contributed by atoms with Gasteiger partial charge in [-0.25, -0.2) is 0 Å². The molecular formula is C23H37N3O2. The van der Waals surface area contributed by atoms with Crippen molar-refractivity contribution < 1.29 is 9.59 Å². The Morgan fingerprint density at radius 3 is 2.32 bits per heavy atom. The van der Waals surface area contributed by atoms with Crippen molar-refractivity contribution in [3.05, 3.63) is 29.3 Å². The summed E-state index contributed by atoms with van der Waals surface area (Å²) in [5, 5.41) is 6.24. The van der Waals surface area contributed by atoms with Gasteiger partial charge in [-0.3, -0.25) is 14.5 Å². The minimum absolute atomic E-state index is 0.0209. The molecule has 1 aromatic carbocycles. The lowest BCUT2D eigenvalue weighted by atomic mass is 9.94. The molecule has 1 unspecified atom stereocenters. The molecule has 1 fully saturated rings. The summed E-state index contributed by atoms with van der Waals surface area (Å²) < 4.78 is 0. The third-order valence-corrected chi connectivity index (χ3v) is 5.89. The van der Waals surface area contributed by atoms with Crippen LogP contribution in [-0.2, 0) is 9.59 Å². The minimum atomic E-state index is 0.0209. The van der Waals surface area contributed by atoms with E-state index in [1.165, 1.54) is 5.56 Å². The summed E-state index contributed by atoms with van der Waals surface area (Å²) in [4.78, 5) is 27.2. The van der Waals surface area contributed by atoms with Crippen LogP contribution in [0.2, 0.25) is 0 Å². The number of carbonyl (C=O) groups excluding carboxylic acids is 2. The molecule has 2 amide bonds. The third-order valence-electron chi connectivity index (χ3n) is 5.89. The van der Waals surface area contributed by atoms with Crippen LogP contribution in [0.1, 0.15) is 64.5 Å². The molecule has 1 aliphatic rings. The van der Waals surface area contributed by atoms with Crippen LogP contribution < -0.4 is 10.6 Å². The molecule has 0 radical (unpaired) electrons. The number of hydrogen-bond acceptors (Lipinski definition) is 3. The maximum atomic E-state index is 12.6. The molecule has 0 saturated carbocycles. The van der Waals surface area contributed by atoms with Gasteiger partial charge in [-0.2, -0.15) is 0 Å². The van der Waals surface area contributed by atoms with E-state index in [0.29, 0.717) is 18.4 Å². The van der Waals surface area contributed by atoms with E-state index in [1.54, 1.807) is 0 Å². The first kappa shape index (κ1) is 22.4. The van der Waals surface area contributed by atoms with Gasteiger partial charge in [0, 0.05) is 17.6 Å². The van der Waals surface area contributed by atoms with E-state index in [-0.39, 0.29) is 23.8 Å². The molecule has 1 saturated heterocycles. The molecule has 2 rings (SSSR count). The summed E-state index contributed by atoms with van der Waals surface area (Å²) >= 11 is 0. The second kappa shape index (κ2) is 10.1. The third kappa shape index (κ3) is 6.06. The van der Waals surface area contributed by atoms with Crippen molar-refractivity contribution in [3.8, 4) is 0 Å². The van der Waals surface area contributed by atoms with Gasteiger partial charge in [0.1, 0.15) is 0 Å². The van der Waals surface area contributed by atoms with Crippen LogP contribution in [0.4, 0.5) is 5.69 Å². The second-order valence-electron chi connectivity index (χ2n) is 8.83. The largest absolute Gasteiger partial charge is 0.353 e. The average molecular weight is 388 g/mol. The van der Waals surface area contributed by atoms with E-state index >= 15 is 0 Å². The number of amides is 2. The Labute approximate surface area is 170 Å². The summed E-state index contributed by atoms with van der Waals surface area (Å²) in [7, 11) is 0. The summed E-state index contributed by atoms with van der Waals surface area (Å²) in [5.74, 6) is 1.03. The van der Waals surface area contributed by atoms with E-state index in [1.807, 2.05) is 19.1 Å². The lowest BCUT2D eigenvalue weighted by Crippen LogP contribution is -2.45. The Bertz CT molecular complexity index is 676. The summed E-state index contributed by atoms with van der Waals surface area (Å²) in [6.45, 7) is 14.5. The Kier molecular flexibility index (Phi) is 8.05. The molecular weight excluding hydrogens is 350 g/mol. The highest BCUT2D eigenvalue weighted by Crippen LogP contribution is 2.27. The number of hydrogen-bond donors (Lipinski definition) is 2. The molecule has 2 N–H and O–H groups in total. The van der Waals surface area contributed by atoms with Gasteiger partial charge in [-0.15, -0.1) is 0 Å². The monoisotopic (exact) mass is 387 g/mol. The first-order valence-corrected chi connectivity index (χ1v) is 10.6. The number of likely N-dealkylation sites (tertiary alicyclic amines) is 1. The van der Waals surface area contributed by atoms with Gasteiger partial charge in [-0.1, -0.05) is 45.9 Å². The number of benzene rings is 1. The molecule has 5 nitrogen and oxygen atoms in total. The van der Waals surface area contributed by atoms with Gasteiger partial charge in [0.05, 0.1) is 6.54 Å². The Balaban J connectivity index is 1.85. The second-order valence-corrected chi connectivity index (χ2v) is 8.83. The van der Waals surface area contributed by atoms with Crippen molar-refractivity contribution in [1.29, 1.82) is 0 Å². The van der Waals surface area contributed by atoms with E-state index in [9.17, 15) is 9.59 Å². The fraction of sp³-hybridized carbons (Fsp3) is 0.652. The number of carbonyl (C=O) groups is 2. The zero-order chi connectivity index (χ0) is 20.8. The fourth-order valence-corrected chi connectivity index (χ4v) is 3.59. The number of para-hydroxylation sites is 1. The Morgan fingerprint density at radius 2 is 1.75 bits per heavy atom. The first-order chi connectivity index (χ1) is 13.2. The van der Waals surface area contributed by atoms with Crippen molar-refractivity contribution in [2.24, 2.45) is 11.8 Å². The lowest BCUT2D eigenvalue weighted by Gasteiger charge is -2.32. The predicted octanol–water partition coefficient (Wildman–Crippen LogP) is 3.93. The zero-order valence-corrected chi connectivity index (χ0v) is 18.3. The van der Waals surface area contributed by atoms with E-state index in [2.05, 4.69) is 56.2 Å². The first-order valence-electron chi connectivity index (χ1n) is 10.6. The summed E-state index contributed by atoms with van der Waals surface area (Å²) in [6.07, 6.45) is 1.62. The van der Waals surface area contributed by atoms with Crippen molar-refractivity contribution in [1.82, 2.24) is 10.2 Å². The van der Waals surface area contributed by atoms with Crippen LogP contribution in [0, 0.1) is 18.8 Å². The standard InChI is InChI=1S/C23H37N3O2/c1-15(2)18(6)24-23(28)19-10-12-26(13-11-19)14-21(27)25-22-17(5)8-7-9-20(22)16(3)4/h7-9,15-16,18-19H,10-14H2,1-6H3,(H,24,28)(H,25,27). The molecule has 1 heterocycles. The molecule has 1 atom stereocenters. The quantitative estimate of drug-likeness (QED) is 0.745. The number of aryl methyl sites for hydroxylation is 1. The van der Waals surface area contributed by atoms with Gasteiger partial charge in [0.2, 0.25) is 11.8 Å². The zero-order valence-electron chi connectivity index (χ0n) is 18.3. The van der Waals surface area contributed by atoms with Crippen molar-refractivity contribution in [2.75, 3.05) is 25.0 Å². The molecule has 1 aromatic rings. The lowest BCUT2D eigenvalue weighted by molar-refractivity contribution is -0.127. The number of nitrogens with one attached hydrogen (secondary N) is 2. The molecule has 0 aromatic heterocycles. The van der Waals surface area contributed by atoms with E-state index < -0.39 is 0 Å². The molecule has 0 aliphatic carbocycles. The number of anilines is 1. The van der Waals surface area contributed by atoms with Gasteiger partial charge >= 0.3 is 0 Å². The molecule has 28 heavy (non-hydrogen) atoms. The van der Waals surface area contributed by atoms with Gasteiger partial charge in [0.15, 0.2) is 0 Å². The molecule has 1 aliphatic heterocycles. The van der Waals surface area contributed by atoms with Gasteiger partial charge in [0.25, 0.3) is 0 Å². The number of rotatable bonds is 7. The van der Waals surface area contributed by atoms with Gasteiger partial charge in [-0.05, 0) is 62.7 Å². The summed E-state index contributed by atoms with van der Waals surface area (Å²) in [5.41, 5.74) is 3.21. The van der Waals surface area contributed by atoms with Crippen LogP contribution >= 0.6 is 0 Å². The SMILES string of the molecule is Cc1cccc(C(C)C)c1NC(=O)CN1CCC(C(=O)NC(C)C(C)C)CC1. The Morgan fingerprint density at radius 1 is 1.11 bits per heavy atom. The maximum absolute atomic E-state index is 12.6. The molecule has 0 spiro atoms. The van der Waals surface area contributed by atoms with E-state index in [4.69, 9.17) is 0 Å². The smallest absolute Gasteiger partial charge is 0.238 e. The van der Waals surface area contributed by atoms with Gasteiger partial charge < -0.3 is 10.6 Å². The van der Waals surface area contributed by atoms with Crippen molar-refractivity contribution in [3.63, 3.8) is 0 Å². The van der Waals surface area contributed by atoms with Crippen LogP contribution in [0.15, 0.2) is 18.2 Å². The Hall–Kier alpha value is -1.88. The van der Waals surface area contributed by atoms with E-state index in [0.717, 1.165) is 37.2 Å². The number of nitrogens with zero attached hydrogens (tertiary/aromatic N) is 1. The van der Waals surface area contributed by atoms with Crippen LogP contribution in [0.25, 0.3) is 0 Å². The normalized spacial score (nSPS) is 17.0. The molecule has 156 valence electrons. The highest BCUT2D eigenvalue weighted by Gasteiger charge is 2.27. The minimum Gasteiger partial charge on any atom is -0.353 e. The summed E-state index contributed by atoms with van der Waals surface area (Å²) in [6, 6.07) is 6.34. The average Bonchev–Trinajstić information content (AvgIpc) is 2.63. The highest BCUT2D eigenvalue weighted by molar-refractivity contribution is 5.94. The molecule has 5 heteroatoms. The topological polar surface area (TPSA) is 61.4 Å². The van der Waals surface area contributed by atoms with Crippen LogP contribution in [0.3, 0.4) is 0 Å². The highest BCUT2D eigenvalue weighted by atomic mass is 16.2. The van der Waals surface area contributed by atoms with Crippen LogP contribution in [-0.4, -0.2) is 42.4 Å².